The molecule has 3 heterocycles. The first-order valence-corrected chi connectivity index (χ1v) is 13.3. The smallest absolute Gasteiger partial charge is 0.333 e. The number of thiophene rings is 1. The van der Waals surface area contributed by atoms with Crippen LogP contribution in [0.5, 0.6) is 0 Å². The minimum Gasteiger partial charge on any atom is -0.388 e. The van der Waals surface area contributed by atoms with Crippen LogP contribution in [-0.4, -0.2) is 50.0 Å². The minimum atomic E-state index is -4.06. The molecule has 3 N–H and O–H groups in total. The molecule has 2 amide bonds. The number of nitrogens with one attached hydrogen (secondary N) is 3. The number of sulfonamides is 1. The molecule has 0 atom stereocenters. The second-order valence-electron chi connectivity index (χ2n) is 8.10. The Morgan fingerprint density at radius 2 is 1.86 bits per heavy atom. The summed E-state index contributed by atoms with van der Waals surface area (Å²) in [5, 5.41) is 6.92. The largest absolute Gasteiger partial charge is 0.388 e. The van der Waals surface area contributed by atoms with Crippen molar-refractivity contribution in [3.63, 3.8) is 0 Å². The van der Waals surface area contributed by atoms with E-state index in [-0.39, 0.29) is 19.8 Å². The topological polar surface area (TPSA) is 125 Å². The average molecular weight is 547 g/mol. The van der Waals surface area contributed by atoms with Crippen molar-refractivity contribution in [2.24, 2.45) is 0 Å². The molecule has 0 unspecified atom stereocenters. The molecular weight excluding hydrogens is 524 g/mol. The van der Waals surface area contributed by atoms with Crippen molar-refractivity contribution >= 4 is 61.1 Å². The molecule has 4 rings (SSSR count). The zero-order valence-electron chi connectivity index (χ0n) is 19.6. The summed E-state index contributed by atoms with van der Waals surface area (Å²) in [6, 6.07) is 10.4. The molecule has 13 heteroatoms. The predicted octanol–water partition coefficient (Wildman–Crippen LogP) is 3.71. The van der Waals surface area contributed by atoms with Crippen LogP contribution in [0.2, 0.25) is 4.34 Å². The number of aromatic nitrogens is 2. The first kappa shape index (κ1) is 25.6. The molecule has 188 valence electrons. The SMILES string of the molecule is CNc1ccc2c(=O)n(-c3ccc(NC(=O)NS(=O)(=O)c4ccc(Cl)s4)cn3)cc(CN(C)C)c2c1. The fourth-order valence-electron chi connectivity index (χ4n) is 3.58. The number of anilines is 2. The number of halogens is 1. The van der Waals surface area contributed by atoms with Gasteiger partial charge in [0.1, 0.15) is 10.0 Å². The summed E-state index contributed by atoms with van der Waals surface area (Å²) in [5.74, 6) is 0.353. The van der Waals surface area contributed by atoms with E-state index in [2.05, 4.69) is 15.6 Å². The molecular formula is C23H23ClN6O4S2. The Hall–Kier alpha value is -3.45. The van der Waals surface area contributed by atoms with Crippen LogP contribution in [0.4, 0.5) is 16.2 Å². The highest BCUT2D eigenvalue weighted by Gasteiger charge is 2.20. The van der Waals surface area contributed by atoms with Crippen molar-refractivity contribution in [2.75, 3.05) is 31.8 Å². The van der Waals surface area contributed by atoms with Gasteiger partial charge in [-0.3, -0.25) is 9.36 Å². The zero-order chi connectivity index (χ0) is 26.0. The van der Waals surface area contributed by atoms with Crippen LogP contribution in [0.3, 0.4) is 0 Å². The van der Waals surface area contributed by atoms with E-state index in [0.29, 0.717) is 17.7 Å². The van der Waals surface area contributed by atoms with Gasteiger partial charge in [0.15, 0.2) is 0 Å². The molecule has 0 spiro atoms. The van der Waals surface area contributed by atoms with Gasteiger partial charge in [0.05, 0.1) is 16.2 Å². The quantitative estimate of drug-likeness (QED) is 0.322. The van der Waals surface area contributed by atoms with Crippen LogP contribution < -0.4 is 20.9 Å². The molecule has 1 aromatic carbocycles. The van der Waals surface area contributed by atoms with Crippen LogP contribution in [0.15, 0.2) is 63.9 Å². The third-order valence-electron chi connectivity index (χ3n) is 5.17. The molecule has 0 bridgehead atoms. The van der Waals surface area contributed by atoms with Crippen molar-refractivity contribution in [2.45, 2.75) is 10.8 Å². The summed E-state index contributed by atoms with van der Waals surface area (Å²) in [6.45, 7) is 0.605. The van der Waals surface area contributed by atoms with Crippen LogP contribution in [-0.2, 0) is 16.6 Å². The highest BCUT2D eigenvalue weighted by Crippen LogP contribution is 2.25. The van der Waals surface area contributed by atoms with E-state index in [9.17, 15) is 18.0 Å². The number of carbonyl (C=O) groups excluding carboxylic acids is 1. The summed E-state index contributed by atoms with van der Waals surface area (Å²) >= 11 is 6.61. The number of urea groups is 1. The molecule has 0 aliphatic carbocycles. The molecule has 0 saturated carbocycles. The van der Waals surface area contributed by atoms with E-state index >= 15 is 0 Å². The molecule has 0 aliphatic heterocycles. The summed E-state index contributed by atoms with van der Waals surface area (Å²) in [7, 11) is 1.65. The van der Waals surface area contributed by atoms with Gasteiger partial charge < -0.3 is 15.5 Å². The number of hydrogen-bond acceptors (Lipinski definition) is 8. The number of carbonyl (C=O) groups is 1. The van der Waals surface area contributed by atoms with Crippen molar-refractivity contribution in [3.8, 4) is 5.82 Å². The number of rotatable bonds is 7. The summed E-state index contributed by atoms with van der Waals surface area (Å²) in [4.78, 5) is 31.8. The molecule has 10 nitrogen and oxygen atoms in total. The lowest BCUT2D eigenvalue weighted by Crippen LogP contribution is -2.34. The lowest BCUT2D eigenvalue weighted by molar-refractivity contribution is 0.256. The Morgan fingerprint density at radius 3 is 2.47 bits per heavy atom. The fraction of sp³-hybridized carbons (Fsp3) is 0.174. The van der Waals surface area contributed by atoms with Gasteiger partial charge >= 0.3 is 6.03 Å². The van der Waals surface area contributed by atoms with E-state index in [4.69, 9.17) is 11.6 Å². The Labute approximate surface area is 216 Å². The maximum Gasteiger partial charge on any atom is 0.333 e. The van der Waals surface area contributed by atoms with Gasteiger partial charge in [-0.15, -0.1) is 11.3 Å². The number of hydrogen-bond donors (Lipinski definition) is 3. The molecule has 3 aromatic heterocycles. The van der Waals surface area contributed by atoms with Gasteiger partial charge in [-0.2, -0.15) is 0 Å². The monoisotopic (exact) mass is 546 g/mol. The van der Waals surface area contributed by atoms with Crippen molar-refractivity contribution < 1.29 is 13.2 Å². The lowest BCUT2D eigenvalue weighted by Gasteiger charge is -2.16. The Bertz CT molecular complexity index is 1600. The third-order valence-corrected chi connectivity index (χ3v) is 8.22. The van der Waals surface area contributed by atoms with Crippen LogP contribution >= 0.6 is 22.9 Å². The summed E-state index contributed by atoms with van der Waals surface area (Å²) < 4.78 is 28.2. The Morgan fingerprint density at radius 1 is 1.11 bits per heavy atom. The molecule has 0 fully saturated rings. The van der Waals surface area contributed by atoms with Crippen molar-refractivity contribution in [3.05, 3.63) is 75.1 Å². The number of pyridine rings is 2. The average Bonchev–Trinajstić information content (AvgIpc) is 3.28. The Balaban J connectivity index is 1.60. The standard InChI is InChI=1S/C23H23ClN6O4S2/c1-25-15-4-6-17-18(10-15)14(12-29(2)3)13-30(22(17)31)20-8-5-16(11-26-20)27-23(32)28-36(33,34)21-9-7-19(24)35-21/h4-11,13,25H,12H2,1-3H3,(H2,27,28,32). The number of amides is 2. The lowest BCUT2D eigenvalue weighted by atomic mass is 10.1. The maximum atomic E-state index is 13.3. The second kappa shape index (κ2) is 10.3. The zero-order valence-corrected chi connectivity index (χ0v) is 22.0. The highest BCUT2D eigenvalue weighted by molar-refractivity contribution is 7.92. The molecule has 0 radical (unpaired) electrons. The third kappa shape index (κ3) is 5.51. The minimum absolute atomic E-state index is 0.0813. The second-order valence-corrected chi connectivity index (χ2v) is 11.7. The van der Waals surface area contributed by atoms with Gasteiger partial charge in [-0.05, 0) is 67.5 Å². The number of fused-ring (bicyclic) bond motifs is 1. The van der Waals surface area contributed by atoms with E-state index in [1.807, 2.05) is 42.9 Å². The highest BCUT2D eigenvalue weighted by atomic mass is 35.5. The van der Waals surface area contributed by atoms with Crippen molar-refractivity contribution in [1.29, 1.82) is 0 Å². The van der Waals surface area contributed by atoms with E-state index < -0.39 is 16.1 Å². The van der Waals surface area contributed by atoms with E-state index in [0.717, 1.165) is 28.0 Å². The number of nitrogens with zero attached hydrogens (tertiary/aromatic N) is 3. The van der Waals surface area contributed by atoms with E-state index in [1.165, 1.54) is 29.0 Å². The van der Waals surface area contributed by atoms with Gasteiger partial charge in [-0.1, -0.05) is 11.6 Å². The molecule has 4 aromatic rings. The van der Waals surface area contributed by atoms with Gasteiger partial charge in [0, 0.05) is 30.9 Å². The molecule has 0 aliphatic rings. The van der Waals surface area contributed by atoms with Gasteiger partial charge in [-0.25, -0.2) is 22.9 Å². The van der Waals surface area contributed by atoms with Crippen LogP contribution in [0, 0.1) is 0 Å². The Kier molecular flexibility index (Phi) is 7.31. The first-order chi connectivity index (χ1) is 17.1. The van der Waals surface area contributed by atoms with Gasteiger partial charge in [0.25, 0.3) is 15.6 Å². The number of benzene rings is 1. The summed E-state index contributed by atoms with van der Waals surface area (Å²) in [5.41, 5.74) is 1.85. The summed E-state index contributed by atoms with van der Waals surface area (Å²) in [6.07, 6.45) is 3.10. The van der Waals surface area contributed by atoms with Crippen LogP contribution in [0.1, 0.15) is 5.56 Å². The van der Waals surface area contributed by atoms with E-state index in [1.54, 1.807) is 18.3 Å². The first-order valence-electron chi connectivity index (χ1n) is 10.6. The van der Waals surface area contributed by atoms with Gasteiger partial charge in [0.2, 0.25) is 0 Å². The van der Waals surface area contributed by atoms with Crippen LogP contribution in [0.25, 0.3) is 16.6 Å². The normalized spacial score (nSPS) is 11.6. The molecule has 36 heavy (non-hydrogen) atoms. The fourth-order valence-corrected chi connectivity index (χ4v) is 5.97. The van der Waals surface area contributed by atoms with Crippen molar-refractivity contribution in [1.82, 2.24) is 19.2 Å². The predicted molar refractivity (Wildman–Crippen MR) is 143 cm³/mol. The molecule has 0 saturated heterocycles. The maximum absolute atomic E-state index is 13.3.